The lowest BCUT2D eigenvalue weighted by molar-refractivity contribution is 0.165. The maximum Gasteiger partial charge on any atom is 0.120 e. The molecule has 0 spiro atoms. The van der Waals surface area contributed by atoms with Crippen molar-refractivity contribution in [1.29, 1.82) is 0 Å². The normalized spacial score (nSPS) is 12.0. The smallest absolute Gasteiger partial charge is 0.120 e. The topological polar surface area (TPSA) is 38.7 Å². The van der Waals surface area contributed by atoms with Crippen LogP contribution in [0.2, 0.25) is 0 Å². The standard InChI is InChI=1S/C41H40O3/c1-2-3-4-11-16-40(42)41-38(23-20-35-27-37(22-24-39(35)41)44-29-31-14-9-6-10-15-31)34-18-17-33-26-36(21-19-32(33)25-34)43-28-30-12-7-5-8-13-30/h5-10,12-15,17-27,40,42H,2-4,11,16,28-29H2,1H3. The zero-order valence-corrected chi connectivity index (χ0v) is 25.4. The number of fused-ring (bicyclic) bond motifs is 2. The number of unbranched alkanes of at least 4 members (excludes halogenated alkanes) is 3. The summed E-state index contributed by atoms with van der Waals surface area (Å²) in [4.78, 5) is 0. The summed E-state index contributed by atoms with van der Waals surface area (Å²) >= 11 is 0. The fourth-order valence-corrected chi connectivity index (χ4v) is 5.90. The highest BCUT2D eigenvalue weighted by Crippen LogP contribution is 2.39. The molecule has 0 saturated carbocycles. The van der Waals surface area contributed by atoms with Crippen molar-refractivity contribution in [3.8, 4) is 22.6 Å². The van der Waals surface area contributed by atoms with E-state index in [1.165, 1.54) is 12.8 Å². The van der Waals surface area contributed by atoms with Crippen molar-refractivity contribution in [2.75, 3.05) is 0 Å². The highest BCUT2D eigenvalue weighted by molar-refractivity contribution is 5.95. The Morgan fingerprint density at radius 2 is 1.16 bits per heavy atom. The lowest BCUT2D eigenvalue weighted by Gasteiger charge is -2.20. The van der Waals surface area contributed by atoms with Gasteiger partial charge in [-0.3, -0.25) is 0 Å². The second kappa shape index (κ2) is 14.2. The molecule has 6 rings (SSSR count). The van der Waals surface area contributed by atoms with Gasteiger partial charge in [-0.05, 0) is 86.1 Å². The molecule has 1 atom stereocenters. The molecule has 0 aliphatic heterocycles. The Morgan fingerprint density at radius 3 is 1.84 bits per heavy atom. The van der Waals surface area contributed by atoms with Crippen LogP contribution in [-0.4, -0.2) is 5.11 Å². The molecule has 0 aliphatic carbocycles. The van der Waals surface area contributed by atoms with E-state index in [0.717, 1.165) is 80.1 Å². The second-order valence-corrected chi connectivity index (χ2v) is 11.5. The van der Waals surface area contributed by atoms with E-state index in [-0.39, 0.29) is 0 Å². The molecule has 0 heterocycles. The van der Waals surface area contributed by atoms with Crippen LogP contribution in [0.4, 0.5) is 0 Å². The van der Waals surface area contributed by atoms with E-state index in [9.17, 15) is 5.11 Å². The third-order valence-electron chi connectivity index (χ3n) is 8.32. The van der Waals surface area contributed by atoms with Gasteiger partial charge in [-0.25, -0.2) is 0 Å². The summed E-state index contributed by atoms with van der Waals surface area (Å²) in [6.45, 7) is 3.28. The zero-order chi connectivity index (χ0) is 30.1. The van der Waals surface area contributed by atoms with E-state index in [2.05, 4.69) is 85.8 Å². The van der Waals surface area contributed by atoms with Crippen molar-refractivity contribution in [2.45, 2.75) is 58.3 Å². The number of ether oxygens (including phenoxy) is 2. The van der Waals surface area contributed by atoms with Gasteiger partial charge in [-0.2, -0.15) is 0 Å². The molecule has 0 radical (unpaired) electrons. The molecule has 0 fully saturated rings. The van der Waals surface area contributed by atoms with Crippen molar-refractivity contribution in [3.63, 3.8) is 0 Å². The minimum absolute atomic E-state index is 0.521. The summed E-state index contributed by atoms with van der Waals surface area (Å²) in [6.07, 6.45) is 4.71. The average Bonchev–Trinajstić information content (AvgIpc) is 3.08. The fraction of sp³-hybridized carbons (Fsp3) is 0.220. The van der Waals surface area contributed by atoms with Gasteiger partial charge in [0.1, 0.15) is 24.7 Å². The Kier molecular flexibility index (Phi) is 9.54. The maximum absolute atomic E-state index is 11.6. The van der Waals surface area contributed by atoms with E-state index in [0.29, 0.717) is 13.2 Å². The summed E-state index contributed by atoms with van der Waals surface area (Å²) < 4.78 is 12.2. The van der Waals surface area contributed by atoms with Gasteiger partial charge in [0.25, 0.3) is 0 Å². The molecule has 0 bridgehead atoms. The molecule has 0 amide bonds. The van der Waals surface area contributed by atoms with Crippen LogP contribution >= 0.6 is 0 Å². The van der Waals surface area contributed by atoms with E-state index >= 15 is 0 Å². The molecular weight excluding hydrogens is 540 g/mol. The minimum Gasteiger partial charge on any atom is -0.489 e. The molecule has 222 valence electrons. The summed E-state index contributed by atoms with van der Waals surface area (Å²) in [5.41, 5.74) is 5.46. The van der Waals surface area contributed by atoms with Gasteiger partial charge in [0, 0.05) is 0 Å². The van der Waals surface area contributed by atoms with Crippen LogP contribution in [0.1, 0.15) is 61.8 Å². The van der Waals surface area contributed by atoms with Crippen molar-refractivity contribution >= 4 is 21.5 Å². The number of hydrogen-bond acceptors (Lipinski definition) is 3. The third kappa shape index (κ3) is 7.12. The van der Waals surface area contributed by atoms with Crippen LogP contribution in [0.15, 0.2) is 127 Å². The minimum atomic E-state index is -0.550. The predicted octanol–water partition coefficient (Wildman–Crippen LogP) is 10.8. The van der Waals surface area contributed by atoms with Crippen molar-refractivity contribution in [2.24, 2.45) is 0 Å². The van der Waals surface area contributed by atoms with Crippen LogP contribution in [0.25, 0.3) is 32.7 Å². The molecular formula is C41H40O3. The van der Waals surface area contributed by atoms with Gasteiger partial charge in [0.05, 0.1) is 6.10 Å². The van der Waals surface area contributed by atoms with Gasteiger partial charge in [-0.1, -0.05) is 130 Å². The Bertz CT molecular complexity index is 1810. The number of rotatable bonds is 13. The van der Waals surface area contributed by atoms with Crippen molar-refractivity contribution in [3.05, 3.63) is 144 Å². The Hall–Kier alpha value is -4.60. The first-order chi connectivity index (χ1) is 21.7. The van der Waals surface area contributed by atoms with Crippen LogP contribution in [0.5, 0.6) is 11.5 Å². The SMILES string of the molecule is CCCCCCC(O)c1c(-c2ccc3cc(OCc4ccccc4)ccc3c2)ccc2cc(OCc3ccccc3)ccc12. The van der Waals surface area contributed by atoms with Gasteiger partial charge >= 0.3 is 0 Å². The van der Waals surface area contributed by atoms with E-state index in [1.54, 1.807) is 0 Å². The van der Waals surface area contributed by atoms with Crippen LogP contribution in [0, 0.1) is 0 Å². The molecule has 0 saturated heterocycles. The average molecular weight is 581 g/mol. The molecule has 1 N–H and O–H groups in total. The number of aliphatic hydroxyl groups excluding tert-OH is 1. The zero-order valence-electron chi connectivity index (χ0n) is 25.4. The second-order valence-electron chi connectivity index (χ2n) is 11.5. The molecule has 6 aromatic rings. The Morgan fingerprint density at radius 1 is 0.568 bits per heavy atom. The summed E-state index contributed by atoms with van der Waals surface area (Å²) in [6, 6.07) is 43.8. The largest absolute Gasteiger partial charge is 0.489 e. The first-order valence-electron chi connectivity index (χ1n) is 15.8. The summed E-state index contributed by atoms with van der Waals surface area (Å²) in [5, 5.41) is 16.0. The summed E-state index contributed by atoms with van der Waals surface area (Å²) in [5.74, 6) is 1.68. The van der Waals surface area contributed by atoms with E-state index in [4.69, 9.17) is 9.47 Å². The fourth-order valence-electron chi connectivity index (χ4n) is 5.90. The Labute approximate surface area is 260 Å². The molecule has 6 aromatic carbocycles. The summed E-state index contributed by atoms with van der Waals surface area (Å²) in [7, 11) is 0. The van der Waals surface area contributed by atoms with Gasteiger partial charge < -0.3 is 14.6 Å². The molecule has 0 aromatic heterocycles. The molecule has 44 heavy (non-hydrogen) atoms. The van der Waals surface area contributed by atoms with Crippen LogP contribution in [0.3, 0.4) is 0 Å². The van der Waals surface area contributed by atoms with E-state index in [1.807, 2.05) is 48.5 Å². The molecule has 3 heteroatoms. The lowest BCUT2D eigenvalue weighted by Crippen LogP contribution is -2.02. The van der Waals surface area contributed by atoms with Gasteiger partial charge in [-0.15, -0.1) is 0 Å². The highest BCUT2D eigenvalue weighted by atomic mass is 16.5. The van der Waals surface area contributed by atoms with Crippen molar-refractivity contribution in [1.82, 2.24) is 0 Å². The van der Waals surface area contributed by atoms with Gasteiger partial charge in [0.2, 0.25) is 0 Å². The number of benzene rings is 6. The monoisotopic (exact) mass is 580 g/mol. The molecule has 3 nitrogen and oxygen atoms in total. The van der Waals surface area contributed by atoms with Crippen LogP contribution in [-0.2, 0) is 13.2 Å². The highest BCUT2D eigenvalue weighted by Gasteiger charge is 2.18. The maximum atomic E-state index is 11.6. The molecule has 0 aliphatic rings. The first-order valence-corrected chi connectivity index (χ1v) is 15.8. The van der Waals surface area contributed by atoms with Gasteiger partial charge in [0.15, 0.2) is 0 Å². The van der Waals surface area contributed by atoms with Crippen molar-refractivity contribution < 1.29 is 14.6 Å². The number of aliphatic hydroxyl groups is 1. The Balaban J connectivity index is 1.30. The number of hydrogen-bond donors (Lipinski definition) is 1. The van der Waals surface area contributed by atoms with Crippen LogP contribution < -0.4 is 9.47 Å². The first kappa shape index (κ1) is 29.5. The predicted molar refractivity (Wildman–Crippen MR) is 182 cm³/mol. The molecule has 1 unspecified atom stereocenters. The van der Waals surface area contributed by atoms with E-state index < -0.39 is 6.10 Å². The lowest BCUT2D eigenvalue weighted by atomic mass is 9.88. The quantitative estimate of drug-likeness (QED) is 0.138. The third-order valence-corrected chi connectivity index (χ3v) is 8.32.